The van der Waals surface area contributed by atoms with Gasteiger partial charge in [-0.05, 0) is 30.2 Å². The second kappa shape index (κ2) is 5.46. The molecule has 1 aliphatic heterocycles. The molecule has 0 amide bonds. The number of nitriles is 1. The van der Waals surface area contributed by atoms with Gasteiger partial charge in [-0.3, -0.25) is 5.32 Å². The first kappa shape index (κ1) is 12.9. The lowest BCUT2D eigenvalue weighted by atomic mass is 10.0. The van der Waals surface area contributed by atoms with Gasteiger partial charge in [-0.15, -0.1) is 0 Å². The van der Waals surface area contributed by atoms with Crippen LogP contribution in [0, 0.1) is 11.3 Å². The van der Waals surface area contributed by atoms with Gasteiger partial charge in [-0.25, -0.2) is 0 Å². The van der Waals surface area contributed by atoms with Crippen LogP contribution in [0.4, 0.5) is 0 Å². The summed E-state index contributed by atoms with van der Waals surface area (Å²) >= 11 is 0. The van der Waals surface area contributed by atoms with Gasteiger partial charge in [0.05, 0.1) is 11.6 Å². The van der Waals surface area contributed by atoms with Crippen molar-refractivity contribution in [1.82, 2.24) is 5.32 Å². The molecule has 0 spiro atoms. The van der Waals surface area contributed by atoms with E-state index in [1.54, 1.807) is 0 Å². The number of hydrogen-bond donors (Lipinski definition) is 1. The molecule has 3 nitrogen and oxygen atoms in total. The molecule has 0 aliphatic carbocycles. The van der Waals surface area contributed by atoms with Crippen molar-refractivity contribution < 1.29 is 4.74 Å². The average molecular weight is 264 g/mol. The van der Waals surface area contributed by atoms with Gasteiger partial charge >= 0.3 is 0 Å². The molecule has 100 valence electrons. The number of benzene rings is 2. The van der Waals surface area contributed by atoms with Gasteiger partial charge in [0.25, 0.3) is 0 Å². The van der Waals surface area contributed by atoms with E-state index in [-0.39, 0.29) is 18.4 Å². The van der Waals surface area contributed by atoms with E-state index in [0.29, 0.717) is 5.56 Å². The topological polar surface area (TPSA) is 45.0 Å². The molecule has 2 aromatic carbocycles. The SMILES string of the molecule is C[C@@H]1N[C@@H](c2ccc(C#N)cc2)O[C@@H]1c1ccccc1. The Hall–Kier alpha value is -2.15. The third kappa shape index (κ3) is 2.44. The summed E-state index contributed by atoms with van der Waals surface area (Å²) in [6, 6.07) is 20.1. The minimum Gasteiger partial charge on any atom is -0.350 e. The zero-order valence-electron chi connectivity index (χ0n) is 11.3. The summed E-state index contributed by atoms with van der Waals surface area (Å²) in [6.07, 6.45) is -0.0696. The van der Waals surface area contributed by atoms with E-state index in [1.807, 2.05) is 42.5 Å². The molecule has 0 saturated carbocycles. The molecule has 3 rings (SSSR count). The molecule has 1 aliphatic rings. The predicted octanol–water partition coefficient (Wildman–Crippen LogP) is 3.31. The maximum absolute atomic E-state index is 8.83. The van der Waals surface area contributed by atoms with E-state index in [0.717, 1.165) is 5.56 Å². The van der Waals surface area contributed by atoms with Crippen LogP contribution >= 0.6 is 0 Å². The van der Waals surface area contributed by atoms with Gasteiger partial charge in [0.2, 0.25) is 0 Å². The Morgan fingerprint density at radius 1 is 1.00 bits per heavy atom. The third-order valence-corrected chi connectivity index (χ3v) is 3.62. The Kier molecular flexibility index (Phi) is 3.51. The minimum atomic E-state index is -0.122. The Morgan fingerprint density at radius 2 is 1.70 bits per heavy atom. The summed E-state index contributed by atoms with van der Waals surface area (Å²) in [5.74, 6) is 0. The van der Waals surface area contributed by atoms with E-state index in [4.69, 9.17) is 10.00 Å². The van der Waals surface area contributed by atoms with Crippen LogP contribution in [0.5, 0.6) is 0 Å². The fourth-order valence-electron chi connectivity index (χ4n) is 2.55. The van der Waals surface area contributed by atoms with E-state index in [1.165, 1.54) is 5.56 Å². The summed E-state index contributed by atoms with van der Waals surface area (Å²) in [6.45, 7) is 2.13. The molecule has 1 saturated heterocycles. The van der Waals surface area contributed by atoms with Crippen LogP contribution in [-0.2, 0) is 4.74 Å². The van der Waals surface area contributed by atoms with Crippen molar-refractivity contribution in [2.24, 2.45) is 0 Å². The highest BCUT2D eigenvalue weighted by Gasteiger charge is 2.33. The molecule has 1 heterocycles. The Labute approximate surface area is 118 Å². The largest absolute Gasteiger partial charge is 0.350 e. The number of rotatable bonds is 2. The molecule has 3 heteroatoms. The zero-order valence-corrected chi connectivity index (χ0v) is 11.3. The molecule has 0 radical (unpaired) electrons. The molecular formula is C17H16N2O. The van der Waals surface area contributed by atoms with Gasteiger partial charge in [0, 0.05) is 6.04 Å². The number of ether oxygens (including phenoxy) is 1. The average Bonchev–Trinajstić information content (AvgIpc) is 2.90. The van der Waals surface area contributed by atoms with Crippen LogP contribution < -0.4 is 5.32 Å². The van der Waals surface area contributed by atoms with Crippen LogP contribution in [0.25, 0.3) is 0 Å². The van der Waals surface area contributed by atoms with Gasteiger partial charge < -0.3 is 4.74 Å². The van der Waals surface area contributed by atoms with Crippen LogP contribution in [0.15, 0.2) is 54.6 Å². The molecule has 20 heavy (non-hydrogen) atoms. The first-order chi connectivity index (χ1) is 9.78. The molecule has 2 aromatic rings. The fraction of sp³-hybridized carbons (Fsp3) is 0.235. The zero-order chi connectivity index (χ0) is 13.9. The molecular weight excluding hydrogens is 248 g/mol. The summed E-state index contributed by atoms with van der Waals surface area (Å²) in [4.78, 5) is 0. The summed E-state index contributed by atoms with van der Waals surface area (Å²) in [5, 5.41) is 12.3. The molecule has 0 bridgehead atoms. The number of nitrogens with one attached hydrogen (secondary N) is 1. The molecule has 1 fully saturated rings. The predicted molar refractivity (Wildman–Crippen MR) is 76.8 cm³/mol. The quantitative estimate of drug-likeness (QED) is 0.905. The smallest absolute Gasteiger partial charge is 0.135 e. The van der Waals surface area contributed by atoms with E-state index in [2.05, 4.69) is 30.4 Å². The molecule has 3 atom stereocenters. The van der Waals surface area contributed by atoms with Gasteiger partial charge in [0.15, 0.2) is 0 Å². The molecule has 1 N–H and O–H groups in total. The lowest BCUT2D eigenvalue weighted by Gasteiger charge is -2.14. The third-order valence-electron chi connectivity index (χ3n) is 3.62. The van der Waals surface area contributed by atoms with Crippen LogP contribution in [0.1, 0.15) is 35.9 Å². The van der Waals surface area contributed by atoms with Crippen molar-refractivity contribution in [3.05, 3.63) is 71.3 Å². The maximum Gasteiger partial charge on any atom is 0.135 e. The summed E-state index contributed by atoms with van der Waals surface area (Å²) in [5.41, 5.74) is 2.90. The highest BCUT2D eigenvalue weighted by Crippen LogP contribution is 2.34. The standard InChI is InChI=1S/C17H16N2O/c1-12-16(14-5-3-2-4-6-14)20-17(19-12)15-9-7-13(11-18)8-10-15/h2-10,12,16-17,19H,1H3/t12-,16-,17+/m0/s1. The van der Waals surface area contributed by atoms with Crippen molar-refractivity contribution in [3.63, 3.8) is 0 Å². The van der Waals surface area contributed by atoms with E-state index in [9.17, 15) is 0 Å². The highest BCUT2D eigenvalue weighted by atomic mass is 16.5. The minimum absolute atomic E-state index is 0.0526. The van der Waals surface area contributed by atoms with Gasteiger partial charge in [0.1, 0.15) is 12.3 Å². The second-order valence-electron chi connectivity index (χ2n) is 5.04. The Balaban J connectivity index is 1.79. The van der Waals surface area contributed by atoms with Crippen molar-refractivity contribution in [3.8, 4) is 6.07 Å². The van der Waals surface area contributed by atoms with Crippen molar-refractivity contribution >= 4 is 0 Å². The van der Waals surface area contributed by atoms with Crippen molar-refractivity contribution in [2.45, 2.75) is 25.3 Å². The van der Waals surface area contributed by atoms with E-state index >= 15 is 0 Å². The van der Waals surface area contributed by atoms with Crippen LogP contribution in [-0.4, -0.2) is 6.04 Å². The monoisotopic (exact) mass is 264 g/mol. The van der Waals surface area contributed by atoms with Crippen LogP contribution in [0.3, 0.4) is 0 Å². The summed E-state index contributed by atoms with van der Waals surface area (Å²) < 4.78 is 6.13. The van der Waals surface area contributed by atoms with Crippen molar-refractivity contribution in [2.75, 3.05) is 0 Å². The van der Waals surface area contributed by atoms with Crippen molar-refractivity contribution in [1.29, 1.82) is 5.26 Å². The van der Waals surface area contributed by atoms with Gasteiger partial charge in [-0.1, -0.05) is 42.5 Å². The second-order valence-corrected chi connectivity index (χ2v) is 5.04. The Morgan fingerprint density at radius 3 is 2.35 bits per heavy atom. The first-order valence-electron chi connectivity index (χ1n) is 6.74. The lowest BCUT2D eigenvalue weighted by molar-refractivity contribution is 0.0363. The Bertz CT molecular complexity index is 616. The number of nitrogens with zero attached hydrogens (tertiary/aromatic N) is 1. The highest BCUT2D eigenvalue weighted by molar-refractivity contribution is 5.33. The normalized spacial score (nSPS) is 25.3. The molecule has 0 unspecified atom stereocenters. The van der Waals surface area contributed by atoms with Crippen LogP contribution in [0.2, 0.25) is 0 Å². The van der Waals surface area contributed by atoms with E-state index < -0.39 is 0 Å². The summed E-state index contributed by atoms with van der Waals surface area (Å²) in [7, 11) is 0. The van der Waals surface area contributed by atoms with Gasteiger partial charge in [-0.2, -0.15) is 5.26 Å². The molecule has 0 aromatic heterocycles. The lowest BCUT2D eigenvalue weighted by Crippen LogP contribution is -2.23. The number of hydrogen-bond acceptors (Lipinski definition) is 3. The fourth-order valence-corrected chi connectivity index (χ4v) is 2.55. The maximum atomic E-state index is 8.83. The first-order valence-corrected chi connectivity index (χ1v) is 6.74.